The Morgan fingerprint density at radius 1 is 1.62 bits per heavy atom. The smallest absolute Gasteiger partial charge is 0.313 e. The molecule has 0 aromatic rings. The topological polar surface area (TPSA) is 63.6 Å². The van der Waals surface area contributed by atoms with E-state index in [-0.39, 0.29) is 12.2 Å². The molecule has 4 nitrogen and oxygen atoms in total. The molecule has 0 aromatic heterocycles. The van der Waals surface area contributed by atoms with E-state index in [1.807, 2.05) is 0 Å². The summed E-state index contributed by atoms with van der Waals surface area (Å²) in [6.45, 7) is 1.51. The van der Waals surface area contributed by atoms with E-state index in [9.17, 15) is 9.59 Å². The van der Waals surface area contributed by atoms with Crippen LogP contribution >= 0.6 is 11.6 Å². The van der Waals surface area contributed by atoms with Gasteiger partial charge in [0.05, 0.1) is 12.5 Å². The molecule has 0 spiro atoms. The molecule has 0 aliphatic rings. The molecule has 0 saturated heterocycles. The van der Waals surface area contributed by atoms with Crippen LogP contribution < -0.4 is 0 Å². The van der Waals surface area contributed by atoms with Gasteiger partial charge in [0.15, 0.2) is 5.78 Å². The number of carbonyl (C=O) groups excluding carboxylic acids is 2. The highest BCUT2D eigenvalue weighted by molar-refractivity contribution is 6.22. The summed E-state index contributed by atoms with van der Waals surface area (Å²) in [4.78, 5) is 21.5. The zero-order valence-electron chi connectivity index (χ0n) is 7.41. The van der Waals surface area contributed by atoms with Crippen LogP contribution in [0.5, 0.6) is 0 Å². The molecule has 1 N–H and O–H groups in total. The van der Waals surface area contributed by atoms with E-state index in [2.05, 4.69) is 4.74 Å². The Morgan fingerprint density at radius 3 is 2.54 bits per heavy atom. The number of rotatable bonds is 4. The van der Waals surface area contributed by atoms with Crippen LogP contribution in [0.2, 0.25) is 0 Å². The number of alkyl halides is 1. The van der Waals surface area contributed by atoms with Crippen molar-refractivity contribution < 1.29 is 19.4 Å². The lowest BCUT2D eigenvalue weighted by Crippen LogP contribution is -2.09. The maximum absolute atomic E-state index is 10.9. The van der Waals surface area contributed by atoms with Gasteiger partial charge >= 0.3 is 5.97 Å². The second-order valence-corrected chi connectivity index (χ2v) is 3.06. The van der Waals surface area contributed by atoms with E-state index < -0.39 is 17.1 Å². The van der Waals surface area contributed by atoms with Gasteiger partial charge < -0.3 is 9.84 Å². The molecular weight excluding hydrogens is 196 g/mol. The molecular formula is C8H11ClO4. The molecule has 74 valence electrons. The van der Waals surface area contributed by atoms with Crippen molar-refractivity contribution in [2.75, 3.05) is 7.11 Å². The molecule has 0 aliphatic carbocycles. The average molecular weight is 207 g/mol. The molecule has 0 radical (unpaired) electrons. The summed E-state index contributed by atoms with van der Waals surface area (Å²) in [6.07, 6.45) is 0.540. The van der Waals surface area contributed by atoms with Gasteiger partial charge in [0.1, 0.15) is 12.2 Å². The third-order valence-corrected chi connectivity index (χ3v) is 1.49. The predicted molar refractivity (Wildman–Crippen MR) is 47.7 cm³/mol. The fourth-order valence-electron chi connectivity index (χ4n) is 0.545. The first-order valence-electron chi connectivity index (χ1n) is 3.61. The minimum absolute atomic E-state index is 0.254. The number of ether oxygens (including phenoxy) is 1. The monoisotopic (exact) mass is 206 g/mol. The van der Waals surface area contributed by atoms with Gasteiger partial charge in [0.25, 0.3) is 0 Å². The molecule has 1 atom stereocenters. The van der Waals surface area contributed by atoms with E-state index in [1.165, 1.54) is 14.0 Å². The average Bonchev–Trinajstić information content (AvgIpc) is 2.03. The van der Waals surface area contributed by atoms with Gasteiger partial charge in [0, 0.05) is 6.08 Å². The Hall–Kier alpha value is -1.03. The SMILES string of the molecule is COC(=O)CC(=O)/C=C(\O)C(C)Cl. The Balaban J connectivity index is 4.15. The third-order valence-electron chi connectivity index (χ3n) is 1.26. The molecule has 0 fully saturated rings. The van der Waals surface area contributed by atoms with Crippen LogP contribution in [0, 0.1) is 0 Å². The minimum Gasteiger partial charge on any atom is -0.511 e. The van der Waals surface area contributed by atoms with Gasteiger partial charge in [-0.3, -0.25) is 9.59 Å². The Morgan fingerprint density at radius 2 is 2.15 bits per heavy atom. The van der Waals surface area contributed by atoms with Crippen molar-refractivity contribution in [2.45, 2.75) is 18.7 Å². The zero-order chi connectivity index (χ0) is 10.4. The molecule has 0 heterocycles. The zero-order valence-corrected chi connectivity index (χ0v) is 8.17. The lowest BCUT2D eigenvalue weighted by atomic mass is 10.2. The molecule has 0 aliphatic heterocycles. The summed E-state index contributed by atoms with van der Waals surface area (Å²) < 4.78 is 4.26. The van der Waals surface area contributed by atoms with Crippen LogP contribution in [-0.4, -0.2) is 29.3 Å². The first-order chi connectivity index (χ1) is 5.97. The highest BCUT2D eigenvalue weighted by Gasteiger charge is 2.10. The minimum atomic E-state index is -0.642. The molecule has 1 unspecified atom stereocenters. The van der Waals surface area contributed by atoms with Crippen molar-refractivity contribution in [2.24, 2.45) is 0 Å². The fraction of sp³-hybridized carbons (Fsp3) is 0.500. The highest BCUT2D eigenvalue weighted by Crippen LogP contribution is 2.05. The number of allylic oxidation sites excluding steroid dienone is 2. The molecule has 0 saturated carbocycles. The Kier molecular flexibility index (Phi) is 5.14. The molecule has 0 bridgehead atoms. The Labute approximate surface area is 81.1 Å². The van der Waals surface area contributed by atoms with E-state index in [1.54, 1.807) is 0 Å². The van der Waals surface area contributed by atoms with E-state index in [0.29, 0.717) is 0 Å². The number of aliphatic hydroxyl groups is 1. The number of esters is 1. The number of hydrogen-bond acceptors (Lipinski definition) is 4. The summed E-state index contributed by atoms with van der Waals surface area (Å²) >= 11 is 5.46. The van der Waals surface area contributed by atoms with Gasteiger partial charge in [-0.05, 0) is 6.92 Å². The standard InChI is InChI=1S/C8H11ClO4/c1-5(9)7(11)3-6(10)4-8(12)13-2/h3,5,11H,4H2,1-2H3/b7-3-. The Bertz CT molecular complexity index is 232. The number of halogens is 1. The number of carbonyl (C=O) groups is 2. The first kappa shape index (κ1) is 12.0. The largest absolute Gasteiger partial charge is 0.511 e. The van der Waals surface area contributed by atoms with Gasteiger partial charge in [0.2, 0.25) is 0 Å². The second kappa shape index (κ2) is 5.59. The summed E-state index contributed by atoms with van der Waals surface area (Å²) in [6, 6.07) is 0. The van der Waals surface area contributed by atoms with E-state index in [4.69, 9.17) is 16.7 Å². The summed E-state index contributed by atoms with van der Waals surface area (Å²) in [5.74, 6) is -1.43. The van der Waals surface area contributed by atoms with Crippen LogP contribution in [0.15, 0.2) is 11.8 Å². The van der Waals surface area contributed by atoms with Gasteiger partial charge in [-0.25, -0.2) is 0 Å². The van der Waals surface area contributed by atoms with Crippen LogP contribution in [-0.2, 0) is 14.3 Å². The fourth-order valence-corrected chi connectivity index (χ4v) is 0.608. The predicted octanol–water partition coefficient (Wildman–Crippen LogP) is 1.19. The van der Waals surface area contributed by atoms with Crippen LogP contribution in [0.1, 0.15) is 13.3 Å². The normalized spacial score (nSPS) is 13.6. The quantitative estimate of drug-likeness (QED) is 0.247. The second-order valence-electron chi connectivity index (χ2n) is 2.40. The number of hydrogen-bond donors (Lipinski definition) is 1. The highest BCUT2D eigenvalue weighted by atomic mass is 35.5. The van der Waals surface area contributed by atoms with Crippen molar-refractivity contribution in [1.29, 1.82) is 0 Å². The van der Waals surface area contributed by atoms with Gasteiger partial charge in [-0.1, -0.05) is 0 Å². The van der Waals surface area contributed by atoms with Gasteiger partial charge in [-0.2, -0.15) is 0 Å². The van der Waals surface area contributed by atoms with Crippen molar-refractivity contribution in [3.8, 4) is 0 Å². The van der Waals surface area contributed by atoms with E-state index >= 15 is 0 Å². The number of ketones is 1. The van der Waals surface area contributed by atoms with Crippen LogP contribution in [0.3, 0.4) is 0 Å². The van der Waals surface area contributed by atoms with Crippen molar-refractivity contribution in [3.05, 3.63) is 11.8 Å². The first-order valence-corrected chi connectivity index (χ1v) is 4.05. The number of aliphatic hydroxyl groups excluding tert-OH is 1. The van der Waals surface area contributed by atoms with Crippen LogP contribution in [0.4, 0.5) is 0 Å². The molecule has 0 rings (SSSR count). The summed E-state index contributed by atoms with van der Waals surface area (Å²) in [5, 5.41) is 8.40. The number of methoxy groups -OCH3 is 1. The third kappa shape index (κ3) is 5.25. The van der Waals surface area contributed by atoms with Crippen molar-refractivity contribution in [1.82, 2.24) is 0 Å². The molecule has 0 aromatic carbocycles. The van der Waals surface area contributed by atoms with Crippen molar-refractivity contribution >= 4 is 23.4 Å². The summed E-state index contributed by atoms with van der Waals surface area (Å²) in [7, 11) is 1.18. The van der Waals surface area contributed by atoms with Crippen LogP contribution in [0.25, 0.3) is 0 Å². The lowest BCUT2D eigenvalue weighted by molar-refractivity contribution is -0.142. The molecule has 5 heteroatoms. The maximum Gasteiger partial charge on any atom is 0.313 e. The lowest BCUT2D eigenvalue weighted by Gasteiger charge is -2.00. The maximum atomic E-state index is 10.9. The molecule has 0 amide bonds. The van der Waals surface area contributed by atoms with Crippen molar-refractivity contribution in [3.63, 3.8) is 0 Å². The summed E-state index contributed by atoms with van der Waals surface area (Å²) in [5.41, 5.74) is 0. The molecule has 13 heavy (non-hydrogen) atoms. The van der Waals surface area contributed by atoms with E-state index in [0.717, 1.165) is 6.08 Å². The van der Waals surface area contributed by atoms with Gasteiger partial charge in [-0.15, -0.1) is 11.6 Å².